The van der Waals surface area contributed by atoms with Crippen LogP contribution in [0.5, 0.6) is 5.75 Å². The minimum Gasteiger partial charge on any atom is -0.496 e. The summed E-state index contributed by atoms with van der Waals surface area (Å²) in [6.45, 7) is 2.09. The maximum absolute atomic E-state index is 11.6. The van der Waals surface area contributed by atoms with Crippen LogP contribution in [0.1, 0.15) is 34.7 Å². The van der Waals surface area contributed by atoms with Crippen LogP contribution in [0.3, 0.4) is 0 Å². The number of hydrogen-bond acceptors (Lipinski definition) is 4. The smallest absolute Gasteiger partial charge is 0.341 e. The number of hydrogen-bond donors (Lipinski definition) is 1. The van der Waals surface area contributed by atoms with Gasteiger partial charge in [0.05, 0.1) is 14.2 Å². The van der Waals surface area contributed by atoms with Gasteiger partial charge < -0.3 is 14.8 Å². The second-order valence-electron chi connectivity index (χ2n) is 4.48. The van der Waals surface area contributed by atoms with Crippen molar-refractivity contribution in [3.05, 3.63) is 29.3 Å². The van der Waals surface area contributed by atoms with Crippen molar-refractivity contribution < 1.29 is 14.3 Å². The molecule has 2 rings (SSSR count). The third-order valence-electron chi connectivity index (χ3n) is 3.44. The van der Waals surface area contributed by atoms with Crippen LogP contribution in [0.15, 0.2) is 18.2 Å². The van der Waals surface area contributed by atoms with Crippen LogP contribution in [0.25, 0.3) is 0 Å². The minimum atomic E-state index is -0.358. The second kappa shape index (κ2) is 5.87. The molecule has 1 aromatic rings. The Labute approximate surface area is 107 Å². The van der Waals surface area contributed by atoms with Gasteiger partial charge in [0.25, 0.3) is 0 Å². The third-order valence-corrected chi connectivity index (χ3v) is 3.44. The fourth-order valence-corrected chi connectivity index (χ4v) is 2.40. The highest BCUT2D eigenvalue weighted by atomic mass is 16.5. The molecule has 1 aliphatic heterocycles. The van der Waals surface area contributed by atoms with E-state index >= 15 is 0 Å². The zero-order valence-corrected chi connectivity index (χ0v) is 10.9. The van der Waals surface area contributed by atoms with E-state index in [1.807, 2.05) is 12.1 Å². The van der Waals surface area contributed by atoms with Crippen molar-refractivity contribution in [1.82, 2.24) is 5.32 Å². The highest BCUT2D eigenvalue weighted by Gasteiger charge is 2.19. The SMILES string of the molecule is COC(=O)c1ccc(C2CCNCC2)cc1OC. The summed E-state index contributed by atoms with van der Waals surface area (Å²) in [6.07, 6.45) is 2.25. The molecule has 18 heavy (non-hydrogen) atoms. The van der Waals surface area contributed by atoms with Gasteiger partial charge in [-0.3, -0.25) is 0 Å². The van der Waals surface area contributed by atoms with Crippen molar-refractivity contribution in [3.63, 3.8) is 0 Å². The second-order valence-corrected chi connectivity index (χ2v) is 4.48. The van der Waals surface area contributed by atoms with Crippen molar-refractivity contribution in [3.8, 4) is 5.75 Å². The lowest BCUT2D eigenvalue weighted by molar-refractivity contribution is 0.0597. The minimum absolute atomic E-state index is 0.358. The van der Waals surface area contributed by atoms with Gasteiger partial charge in [-0.1, -0.05) is 6.07 Å². The fourth-order valence-electron chi connectivity index (χ4n) is 2.40. The molecule has 0 saturated carbocycles. The Morgan fingerprint density at radius 3 is 2.61 bits per heavy atom. The van der Waals surface area contributed by atoms with E-state index in [0.29, 0.717) is 17.2 Å². The van der Waals surface area contributed by atoms with Crippen LogP contribution in [0.2, 0.25) is 0 Å². The average molecular weight is 249 g/mol. The van der Waals surface area contributed by atoms with Gasteiger partial charge in [0.1, 0.15) is 11.3 Å². The molecule has 0 amide bonds. The summed E-state index contributed by atoms with van der Waals surface area (Å²) in [5.74, 6) is 0.786. The quantitative estimate of drug-likeness (QED) is 0.832. The van der Waals surface area contributed by atoms with E-state index in [4.69, 9.17) is 9.47 Å². The molecule has 1 heterocycles. The number of methoxy groups -OCH3 is 2. The molecule has 0 radical (unpaired) electrons. The summed E-state index contributed by atoms with van der Waals surface area (Å²) in [5.41, 5.74) is 1.72. The van der Waals surface area contributed by atoms with Crippen molar-refractivity contribution in [1.29, 1.82) is 0 Å². The zero-order chi connectivity index (χ0) is 13.0. The molecule has 1 saturated heterocycles. The number of esters is 1. The lowest BCUT2D eigenvalue weighted by atomic mass is 9.89. The maximum atomic E-state index is 11.6. The molecule has 0 aliphatic carbocycles. The van der Waals surface area contributed by atoms with Crippen LogP contribution in [-0.2, 0) is 4.74 Å². The van der Waals surface area contributed by atoms with E-state index in [0.717, 1.165) is 25.9 Å². The molecule has 4 heteroatoms. The molecule has 0 aromatic heterocycles. The summed E-state index contributed by atoms with van der Waals surface area (Å²) in [6, 6.07) is 5.76. The zero-order valence-electron chi connectivity index (χ0n) is 10.9. The summed E-state index contributed by atoms with van der Waals surface area (Å²) in [7, 11) is 2.95. The first-order valence-corrected chi connectivity index (χ1v) is 6.23. The van der Waals surface area contributed by atoms with Crippen LogP contribution in [0, 0.1) is 0 Å². The Hall–Kier alpha value is -1.55. The summed E-state index contributed by atoms with van der Waals surface area (Å²) < 4.78 is 10.0. The predicted octanol–water partition coefficient (Wildman–Crippen LogP) is 1.95. The van der Waals surface area contributed by atoms with Gasteiger partial charge >= 0.3 is 5.97 Å². The highest BCUT2D eigenvalue weighted by Crippen LogP contribution is 2.30. The molecule has 0 spiro atoms. The number of carbonyl (C=O) groups is 1. The van der Waals surface area contributed by atoms with Gasteiger partial charge in [-0.2, -0.15) is 0 Å². The Balaban J connectivity index is 2.26. The van der Waals surface area contributed by atoms with Crippen LogP contribution >= 0.6 is 0 Å². The van der Waals surface area contributed by atoms with E-state index in [1.165, 1.54) is 12.7 Å². The Kier molecular flexibility index (Phi) is 4.20. The number of ether oxygens (including phenoxy) is 2. The Bertz CT molecular complexity index is 425. The molecular formula is C14H19NO3. The summed E-state index contributed by atoms with van der Waals surface area (Å²) in [4.78, 5) is 11.6. The molecule has 98 valence electrons. The normalized spacial score (nSPS) is 16.3. The largest absolute Gasteiger partial charge is 0.496 e. The standard InChI is InChI=1S/C14H19NO3/c1-17-13-9-11(10-5-7-15-8-6-10)3-4-12(13)14(16)18-2/h3-4,9-10,15H,5-8H2,1-2H3. The van der Waals surface area contributed by atoms with Crippen LogP contribution in [-0.4, -0.2) is 33.3 Å². The Morgan fingerprint density at radius 2 is 2.00 bits per heavy atom. The van der Waals surface area contributed by atoms with Crippen molar-refractivity contribution >= 4 is 5.97 Å². The van der Waals surface area contributed by atoms with Gasteiger partial charge in [0.15, 0.2) is 0 Å². The fraction of sp³-hybridized carbons (Fsp3) is 0.500. The lowest BCUT2D eigenvalue weighted by Crippen LogP contribution is -2.26. The van der Waals surface area contributed by atoms with Crippen molar-refractivity contribution in [2.24, 2.45) is 0 Å². The number of carbonyl (C=O) groups excluding carboxylic acids is 1. The number of nitrogens with one attached hydrogen (secondary N) is 1. The Morgan fingerprint density at radius 1 is 1.28 bits per heavy atom. The molecule has 0 bridgehead atoms. The van der Waals surface area contributed by atoms with Gasteiger partial charge in [-0.25, -0.2) is 4.79 Å². The maximum Gasteiger partial charge on any atom is 0.341 e. The van der Waals surface area contributed by atoms with Crippen molar-refractivity contribution in [2.75, 3.05) is 27.3 Å². The molecule has 1 fully saturated rings. The topological polar surface area (TPSA) is 47.6 Å². The predicted molar refractivity (Wildman–Crippen MR) is 69.2 cm³/mol. The molecule has 0 unspecified atom stereocenters. The number of rotatable bonds is 3. The summed E-state index contributed by atoms with van der Waals surface area (Å²) in [5, 5.41) is 3.35. The van der Waals surface area contributed by atoms with Gasteiger partial charge in [0.2, 0.25) is 0 Å². The molecule has 4 nitrogen and oxygen atoms in total. The van der Waals surface area contributed by atoms with E-state index < -0.39 is 0 Å². The van der Waals surface area contributed by atoms with E-state index in [1.54, 1.807) is 13.2 Å². The van der Waals surface area contributed by atoms with E-state index in [9.17, 15) is 4.79 Å². The van der Waals surface area contributed by atoms with Crippen LogP contribution < -0.4 is 10.1 Å². The first-order chi connectivity index (χ1) is 8.76. The molecular weight excluding hydrogens is 230 g/mol. The van der Waals surface area contributed by atoms with Gasteiger partial charge in [0, 0.05) is 0 Å². The number of piperidine rings is 1. The molecule has 0 atom stereocenters. The van der Waals surface area contributed by atoms with Gasteiger partial charge in [-0.15, -0.1) is 0 Å². The van der Waals surface area contributed by atoms with E-state index in [-0.39, 0.29) is 5.97 Å². The first-order valence-electron chi connectivity index (χ1n) is 6.23. The molecule has 1 N–H and O–H groups in total. The number of benzene rings is 1. The van der Waals surface area contributed by atoms with Crippen molar-refractivity contribution in [2.45, 2.75) is 18.8 Å². The lowest BCUT2D eigenvalue weighted by Gasteiger charge is -2.23. The monoisotopic (exact) mass is 249 g/mol. The van der Waals surface area contributed by atoms with Gasteiger partial charge in [-0.05, 0) is 49.5 Å². The first kappa shape index (κ1) is 12.9. The molecule has 1 aliphatic rings. The molecule has 1 aromatic carbocycles. The summed E-state index contributed by atoms with van der Waals surface area (Å²) >= 11 is 0. The third kappa shape index (κ3) is 2.64. The van der Waals surface area contributed by atoms with E-state index in [2.05, 4.69) is 5.32 Å². The van der Waals surface area contributed by atoms with Crippen LogP contribution in [0.4, 0.5) is 0 Å². The highest BCUT2D eigenvalue weighted by molar-refractivity contribution is 5.92. The average Bonchev–Trinajstić information content (AvgIpc) is 2.46.